The van der Waals surface area contributed by atoms with Crippen molar-refractivity contribution in [3.05, 3.63) is 72.3 Å². The lowest BCUT2D eigenvalue weighted by Gasteiger charge is -2.29. The van der Waals surface area contributed by atoms with Gasteiger partial charge >= 0.3 is 12.1 Å². The van der Waals surface area contributed by atoms with Crippen LogP contribution in [-0.2, 0) is 14.3 Å². The number of amides is 1. The van der Waals surface area contributed by atoms with Crippen LogP contribution in [0, 0.1) is 0 Å². The highest BCUT2D eigenvalue weighted by atomic mass is 16.6. The summed E-state index contributed by atoms with van der Waals surface area (Å²) < 4.78 is 11.2. The molecule has 6 nitrogen and oxygen atoms in total. The summed E-state index contributed by atoms with van der Waals surface area (Å²) in [6.07, 6.45) is -0.343. The van der Waals surface area contributed by atoms with Gasteiger partial charge in [0, 0.05) is 5.92 Å². The van der Waals surface area contributed by atoms with Crippen LogP contribution in [0.5, 0.6) is 0 Å². The zero-order valence-electron chi connectivity index (χ0n) is 17.4. The van der Waals surface area contributed by atoms with Gasteiger partial charge in [-0.05, 0) is 43.0 Å². The normalized spacial score (nSPS) is 14.9. The Morgan fingerprint density at radius 3 is 2.10 bits per heavy atom. The lowest BCUT2D eigenvalue weighted by molar-refractivity contribution is -0.145. The number of benzene rings is 2. The summed E-state index contributed by atoms with van der Waals surface area (Å²) >= 11 is 0. The van der Waals surface area contributed by atoms with Crippen LogP contribution >= 0.6 is 0 Å². The molecule has 0 spiro atoms. The lowest BCUT2D eigenvalue weighted by Crippen LogP contribution is -2.51. The van der Waals surface area contributed by atoms with E-state index in [9.17, 15) is 14.7 Å². The Hall–Kier alpha value is -3.12. The van der Waals surface area contributed by atoms with Crippen molar-refractivity contribution in [1.82, 2.24) is 5.32 Å². The second-order valence-electron chi connectivity index (χ2n) is 8.22. The molecule has 30 heavy (non-hydrogen) atoms. The first kappa shape index (κ1) is 21.6. The Bertz CT molecular complexity index is 901. The summed E-state index contributed by atoms with van der Waals surface area (Å²) in [4.78, 5) is 24.1. The van der Waals surface area contributed by atoms with E-state index in [1.54, 1.807) is 20.8 Å². The average molecular weight is 409 g/mol. The number of fused-ring (bicyclic) bond motifs is 3. The molecule has 0 bridgehead atoms. The van der Waals surface area contributed by atoms with E-state index in [4.69, 9.17) is 9.47 Å². The van der Waals surface area contributed by atoms with Crippen molar-refractivity contribution < 1.29 is 24.2 Å². The molecule has 0 aromatic heterocycles. The van der Waals surface area contributed by atoms with Gasteiger partial charge in [0.15, 0.2) is 6.04 Å². The molecule has 2 aromatic rings. The number of hydrogen-bond acceptors (Lipinski definition) is 4. The molecule has 2 aromatic carbocycles. The van der Waals surface area contributed by atoms with Crippen molar-refractivity contribution in [2.75, 3.05) is 6.61 Å². The molecule has 0 radical (unpaired) electrons. The number of hydrogen-bond donors (Lipinski definition) is 2. The summed E-state index contributed by atoms with van der Waals surface area (Å²) in [6, 6.07) is 14.7. The summed E-state index contributed by atoms with van der Waals surface area (Å²) in [5, 5.41) is 12.0. The van der Waals surface area contributed by atoms with E-state index >= 15 is 0 Å². The van der Waals surface area contributed by atoms with Crippen molar-refractivity contribution in [3.63, 3.8) is 0 Å². The van der Waals surface area contributed by atoms with Gasteiger partial charge < -0.3 is 19.9 Å². The molecule has 2 N–H and O–H groups in total. The quantitative estimate of drug-likeness (QED) is 0.664. The van der Waals surface area contributed by atoms with Gasteiger partial charge in [-0.15, -0.1) is 6.58 Å². The van der Waals surface area contributed by atoms with E-state index in [2.05, 4.69) is 11.9 Å². The number of ether oxygens (including phenoxy) is 2. The van der Waals surface area contributed by atoms with Crippen LogP contribution in [0.3, 0.4) is 0 Å². The minimum atomic E-state index is -1.31. The third-order valence-electron chi connectivity index (χ3n) is 4.93. The zero-order valence-corrected chi connectivity index (χ0v) is 17.4. The first-order chi connectivity index (χ1) is 14.2. The third-order valence-corrected chi connectivity index (χ3v) is 4.93. The van der Waals surface area contributed by atoms with Gasteiger partial charge in [-0.25, -0.2) is 9.59 Å². The van der Waals surface area contributed by atoms with Gasteiger partial charge in [0.05, 0.1) is 5.60 Å². The largest absolute Gasteiger partial charge is 0.480 e. The third kappa shape index (κ3) is 4.71. The second kappa shape index (κ2) is 8.71. The number of rotatable bonds is 7. The number of carboxylic acid groups (broad SMARTS) is 1. The van der Waals surface area contributed by atoms with Crippen LogP contribution in [-0.4, -0.2) is 41.5 Å². The maximum atomic E-state index is 12.4. The topological polar surface area (TPSA) is 84.9 Å². The Balaban J connectivity index is 1.70. The Labute approximate surface area is 176 Å². The van der Waals surface area contributed by atoms with Gasteiger partial charge in [-0.3, -0.25) is 0 Å². The summed E-state index contributed by atoms with van der Waals surface area (Å²) in [5.41, 5.74) is 3.81. The molecule has 0 aliphatic heterocycles. The maximum absolute atomic E-state index is 12.4. The highest BCUT2D eigenvalue weighted by molar-refractivity contribution is 5.81. The number of aliphatic carboxylic acids is 1. The van der Waals surface area contributed by atoms with E-state index in [1.807, 2.05) is 48.5 Å². The van der Waals surface area contributed by atoms with E-state index in [0.717, 1.165) is 22.3 Å². The van der Waals surface area contributed by atoms with Gasteiger partial charge in [-0.1, -0.05) is 54.6 Å². The lowest BCUT2D eigenvalue weighted by atomic mass is 9.98. The van der Waals surface area contributed by atoms with E-state index in [1.165, 1.54) is 6.08 Å². The highest BCUT2D eigenvalue weighted by Crippen LogP contribution is 2.44. The fraction of sp³-hybridized carbons (Fsp3) is 0.333. The molecule has 0 unspecified atom stereocenters. The first-order valence-electron chi connectivity index (χ1n) is 9.86. The predicted octanol–water partition coefficient (Wildman–Crippen LogP) is 4.35. The van der Waals surface area contributed by atoms with Gasteiger partial charge in [0.1, 0.15) is 12.7 Å². The molecular weight excluding hydrogens is 382 g/mol. The molecule has 2 atom stereocenters. The predicted molar refractivity (Wildman–Crippen MR) is 114 cm³/mol. The molecule has 158 valence electrons. The van der Waals surface area contributed by atoms with Crippen molar-refractivity contribution >= 4 is 12.1 Å². The van der Waals surface area contributed by atoms with Gasteiger partial charge in [-0.2, -0.15) is 0 Å². The van der Waals surface area contributed by atoms with Crippen LogP contribution in [0.4, 0.5) is 4.79 Å². The van der Waals surface area contributed by atoms with Crippen LogP contribution in [0.2, 0.25) is 0 Å². The van der Waals surface area contributed by atoms with Gasteiger partial charge in [0.25, 0.3) is 0 Å². The standard InChI is InChI=1S/C24H27NO5/c1-5-20(30-24(2,3)4)21(22(26)27)25-23(28)29-14-19-17-12-8-6-10-15(17)16-11-7-9-13-18(16)19/h5-13,19-21H,1,14H2,2-4H3,(H,25,28)(H,26,27)/t20-,21+/m1/s1. The summed E-state index contributed by atoms with van der Waals surface area (Å²) in [7, 11) is 0. The Morgan fingerprint density at radius 1 is 1.10 bits per heavy atom. The van der Waals surface area contributed by atoms with Crippen molar-refractivity contribution in [1.29, 1.82) is 0 Å². The Kier molecular flexibility index (Phi) is 6.27. The fourth-order valence-electron chi connectivity index (χ4n) is 3.71. The van der Waals surface area contributed by atoms with Crippen molar-refractivity contribution in [2.45, 2.75) is 44.4 Å². The molecule has 1 amide bonds. The molecule has 3 rings (SSSR count). The van der Waals surface area contributed by atoms with Crippen LogP contribution in [0.1, 0.15) is 37.8 Å². The first-order valence-corrected chi connectivity index (χ1v) is 9.86. The van der Waals surface area contributed by atoms with E-state index in [-0.39, 0.29) is 12.5 Å². The second-order valence-corrected chi connectivity index (χ2v) is 8.22. The van der Waals surface area contributed by atoms with E-state index in [0.29, 0.717) is 0 Å². The Morgan fingerprint density at radius 2 is 1.63 bits per heavy atom. The molecule has 6 heteroatoms. The molecule has 0 heterocycles. The number of nitrogens with one attached hydrogen (secondary N) is 1. The minimum absolute atomic E-state index is 0.102. The molecule has 1 aliphatic rings. The van der Waals surface area contributed by atoms with Gasteiger partial charge in [0.2, 0.25) is 0 Å². The molecular formula is C24H27NO5. The number of carboxylic acids is 1. The van der Waals surface area contributed by atoms with E-state index < -0.39 is 29.8 Å². The van der Waals surface area contributed by atoms with Crippen molar-refractivity contribution in [3.8, 4) is 11.1 Å². The van der Waals surface area contributed by atoms with Crippen LogP contribution < -0.4 is 5.32 Å². The molecule has 0 saturated carbocycles. The smallest absolute Gasteiger partial charge is 0.407 e. The molecule has 0 fully saturated rings. The van der Waals surface area contributed by atoms with Crippen LogP contribution in [0.25, 0.3) is 11.1 Å². The monoisotopic (exact) mass is 409 g/mol. The minimum Gasteiger partial charge on any atom is -0.480 e. The average Bonchev–Trinajstić information content (AvgIpc) is 3.02. The SMILES string of the molecule is C=C[C@@H](OC(C)(C)C)[C@H](NC(=O)OCC1c2ccccc2-c2ccccc21)C(=O)O. The number of alkyl carbamates (subject to hydrolysis) is 1. The maximum Gasteiger partial charge on any atom is 0.407 e. The molecule has 1 aliphatic carbocycles. The fourth-order valence-corrected chi connectivity index (χ4v) is 3.71. The van der Waals surface area contributed by atoms with Crippen molar-refractivity contribution in [2.24, 2.45) is 0 Å². The summed E-state index contributed by atoms with van der Waals surface area (Å²) in [5.74, 6) is -1.33. The number of carbonyl (C=O) groups excluding carboxylic acids is 1. The summed E-state index contributed by atoms with van der Waals surface area (Å²) in [6.45, 7) is 9.14. The zero-order chi connectivity index (χ0) is 21.9. The van der Waals surface area contributed by atoms with Crippen LogP contribution in [0.15, 0.2) is 61.2 Å². The number of carbonyl (C=O) groups is 2. The highest BCUT2D eigenvalue weighted by Gasteiger charge is 2.33. The molecule has 0 saturated heterocycles.